The Bertz CT molecular complexity index is 544. The van der Waals surface area contributed by atoms with Crippen LogP contribution in [-0.4, -0.2) is 16.0 Å². The van der Waals surface area contributed by atoms with Crippen LogP contribution in [0.2, 0.25) is 0 Å². The van der Waals surface area contributed by atoms with Crippen molar-refractivity contribution in [1.29, 1.82) is 0 Å². The Morgan fingerprint density at radius 2 is 1.80 bits per heavy atom. The summed E-state index contributed by atoms with van der Waals surface area (Å²) in [6.45, 7) is 1.46. The van der Waals surface area contributed by atoms with E-state index >= 15 is 0 Å². The molecule has 0 aliphatic rings. The van der Waals surface area contributed by atoms with Crippen molar-refractivity contribution in [2.24, 2.45) is 0 Å². The first-order chi connectivity index (χ1) is 7.09. The summed E-state index contributed by atoms with van der Waals surface area (Å²) in [6.07, 6.45) is 0. The summed E-state index contributed by atoms with van der Waals surface area (Å²) in [5, 5.41) is 20.2. The Hall–Kier alpha value is -2.03. The molecule has 3 heteroatoms. The van der Waals surface area contributed by atoms with E-state index in [1.165, 1.54) is 13.0 Å². The van der Waals surface area contributed by atoms with E-state index in [1.807, 2.05) is 0 Å². The Morgan fingerprint density at radius 1 is 1.13 bits per heavy atom. The average Bonchev–Trinajstić information content (AvgIpc) is 2.23. The number of aromatic hydroxyl groups is 2. The molecule has 0 aliphatic heterocycles. The monoisotopic (exact) mass is 202 g/mol. The summed E-state index contributed by atoms with van der Waals surface area (Å²) >= 11 is 0. The topological polar surface area (TPSA) is 57.5 Å². The van der Waals surface area contributed by atoms with E-state index in [4.69, 9.17) is 0 Å². The number of phenols is 2. The van der Waals surface area contributed by atoms with E-state index in [1.54, 1.807) is 24.3 Å². The molecule has 2 aromatic rings. The fourth-order valence-electron chi connectivity index (χ4n) is 1.51. The van der Waals surface area contributed by atoms with Gasteiger partial charge in [-0.3, -0.25) is 4.79 Å². The van der Waals surface area contributed by atoms with Crippen molar-refractivity contribution < 1.29 is 15.0 Å². The third kappa shape index (κ3) is 1.52. The molecule has 0 fully saturated rings. The first-order valence-electron chi connectivity index (χ1n) is 4.55. The Balaban J connectivity index is 2.79. The molecule has 0 saturated carbocycles. The second-order valence-corrected chi connectivity index (χ2v) is 3.43. The summed E-state index contributed by atoms with van der Waals surface area (Å²) < 4.78 is 0. The molecule has 0 aliphatic carbocycles. The van der Waals surface area contributed by atoms with Gasteiger partial charge < -0.3 is 10.2 Å². The fraction of sp³-hybridized carbons (Fsp3) is 0.0833. The number of Topliss-reactive ketones (excluding diaryl/α,β-unsaturated/α-hetero) is 1. The Kier molecular flexibility index (Phi) is 2.08. The minimum atomic E-state index is -0.185. The molecular weight excluding hydrogens is 192 g/mol. The van der Waals surface area contributed by atoms with Gasteiger partial charge in [-0.05, 0) is 24.4 Å². The van der Waals surface area contributed by atoms with Crippen molar-refractivity contribution >= 4 is 16.6 Å². The summed E-state index contributed by atoms with van der Waals surface area (Å²) in [7, 11) is 0. The van der Waals surface area contributed by atoms with Gasteiger partial charge in [0.2, 0.25) is 0 Å². The molecule has 0 radical (unpaired) electrons. The van der Waals surface area contributed by atoms with Gasteiger partial charge in [-0.15, -0.1) is 0 Å². The lowest BCUT2D eigenvalue weighted by molar-refractivity contribution is 0.101. The summed E-state index contributed by atoms with van der Waals surface area (Å²) in [5.41, 5.74) is 0.517. The van der Waals surface area contributed by atoms with E-state index in [2.05, 4.69) is 0 Å². The predicted octanol–water partition coefficient (Wildman–Crippen LogP) is 2.45. The number of rotatable bonds is 1. The highest BCUT2D eigenvalue weighted by Crippen LogP contribution is 2.33. The number of carbonyl (C=O) groups is 1. The maximum atomic E-state index is 11.1. The summed E-state index contributed by atoms with van der Waals surface area (Å²) in [5.74, 6) is -0.432. The summed E-state index contributed by atoms with van der Waals surface area (Å²) in [4.78, 5) is 11.1. The molecule has 0 amide bonds. The lowest BCUT2D eigenvalue weighted by atomic mass is 10.0. The van der Waals surface area contributed by atoms with Gasteiger partial charge in [-0.1, -0.05) is 18.2 Å². The zero-order valence-electron chi connectivity index (χ0n) is 8.19. The van der Waals surface area contributed by atoms with Gasteiger partial charge >= 0.3 is 0 Å². The maximum Gasteiger partial charge on any atom is 0.165 e. The van der Waals surface area contributed by atoms with Crippen LogP contribution in [-0.2, 0) is 0 Å². The number of hydrogen-bond acceptors (Lipinski definition) is 3. The summed E-state index contributed by atoms with van der Waals surface area (Å²) in [6, 6.07) is 8.12. The first-order valence-corrected chi connectivity index (χ1v) is 4.55. The molecule has 0 aromatic heterocycles. The number of hydrogen-bond donors (Lipinski definition) is 2. The van der Waals surface area contributed by atoms with Crippen LogP contribution in [0.5, 0.6) is 11.5 Å². The van der Waals surface area contributed by atoms with E-state index < -0.39 is 0 Å². The minimum absolute atomic E-state index is 0.0698. The number of benzene rings is 2. The fourth-order valence-corrected chi connectivity index (χ4v) is 1.51. The van der Waals surface area contributed by atoms with Crippen molar-refractivity contribution in [1.82, 2.24) is 0 Å². The molecule has 3 nitrogen and oxygen atoms in total. The van der Waals surface area contributed by atoms with Crippen LogP contribution < -0.4 is 0 Å². The second kappa shape index (κ2) is 3.28. The molecule has 76 valence electrons. The standard InChI is InChI=1S/C12H10O3/c1-7(13)9-3-2-8-4-5-11(14)12(15)10(8)6-9/h2-6,14-15H,1H3. The molecular formula is C12H10O3. The van der Waals surface area contributed by atoms with Crippen LogP contribution in [0, 0.1) is 0 Å². The van der Waals surface area contributed by atoms with Gasteiger partial charge in [0.05, 0.1) is 0 Å². The van der Waals surface area contributed by atoms with Gasteiger partial charge in [-0.25, -0.2) is 0 Å². The second-order valence-electron chi connectivity index (χ2n) is 3.43. The quantitative estimate of drug-likeness (QED) is 0.551. The Morgan fingerprint density at radius 3 is 2.47 bits per heavy atom. The molecule has 0 atom stereocenters. The maximum absolute atomic E-state index is 11.1. The van der Waals surface area contributed by atoms with Crippen LogP contribution in [0.15, 0.2) is 30.3 Å². The zero-order valence-corrected chi connectivity index (χ0v) is 8.19. The Labute approximate surface area is 86.6 Å². The van der Waals surface area contributed by atoms with Gasteiger partial charge in [0.1, 0.15) is 0 Å². The number of carbonyl (C=O) groups excluding carboxylic acids is 1. The van der Waals surface area contributed by atoms with Crippen LogP contribution in [0.25, 0.3) is 10.8 Å². The lowest BCUT2D eigenvalue weighted by Gasteiger charge is -2.04. The first kappa shape index (κ1) is 9.52. The van der Waals surface area contributed by atoms with Crippen molar-refractivity contribution in [3.05, 3.63) is 35.9 Å². The number of fused-ring (bicyclic) bond motifs is 1. The molecule has 0 spiro atoms. The van der Waals surface area contributed by atoms with Crippen LogP contribution in [0.1, 0.15) is 17.3 Å². The van der Waals surface area contributed by atoms with Crippen molar-refractivity contribution in [2.45, 2.75) is 6.92 Å². The smallest absolute Gasteiger partial charge is 0.165 e. The molecule has 0 heterocycles. The lowest BCUT2D eigenvalue weighted by Crippen LogP contribution is -1.91. The number of phenolic OH excluding ortho intramolecular Hbond substituents is 2. The highest BCUT2D eigenvalue weighted by Gasteiger charge is 2.07. The van der Waals surface area contributed by atoms with Crippen LogP contribution >= 0.6 is 0 Å². The van der Waals surface area contributed by atoms with Gasteiger partial charge in [0.25, 0.3) is 0 Å². The van der Waals surface area contributed by atoms with E-state index in [0.29, 0.717) is 10.9 Å². The van der Waals surface area contributed by atoms with Gasteiger partial charge in [0.15, 0.2) is 17.3 Å². The van der Waals surface area contributed by atoms with Gasteiger partial charge in [-0.2, -0.15) is 0 Å². The molecule has 2 rings (SSSR count). The van der Waals surface area contributed by atoms with E-state index in [0.717, 1.165) is 5.39 Å². The highest BCUT2D eigenvalue weighted by atomic mass is 16.3. The number of ketones is 1. The third-order valence-corrected chi connectivity index (χ3v) is 2.38. The highest BCUT2D eigenvalue weighted by molar-refractivity contribution is 6.00. The molecule has 2 N–H and O–H groups in total. The normalized spacial score (nSPS) is 10.5. The molecule has 15 heavy (non-hydrogen) atoms. The SMILES string of the molecule is CC(=O)c1ccc2ccc(O)c(O)c2c1. The zero-order chi connectivity index (χ0) is 11.0. The molecule has 2 aromatic carbocycles. The van der Waals surface area contributed by atoms with E-state index in [-0.39, 0.29) is 17.3 Å². The van der Waals surface area contributed by atoms with Crippen molar-refractivity contribution in [3.63, 3.8) is 0 Å². The third-order valence-electron chi connectivity index (χ3n) is 2.38. The van der Waals surface area contributed by atoms with E-state index in [9.17, 15) is 15.0 Å². The molecule has 0 bridgehead atoms. The minimum Gasteiger partial charge on any atom is -0.504 e. The van der Waals surface area contributed by atoms with Crippen molar-refractivity contribution in [3.8, 4) is 11.5 Å². The predicted molar refractivity (Wildman–Crippen MR) is 57.3 cm³/mol. The average molecular weight is 202 g/mol. The molecule has 0 unspecified atom stereocenters. The molecule has 0 saturated heterocycles. The van der Waals surface area contributed by atoms with Gasteiger partial charge in [0, 0.05) is 10.9 Å². The van der Waals surface area contributed by atoms with Crippen LogP contribution in [0.3, 0.4) is 0 Å². The van der Waals surface area contributed by atoms with Crippen molar-refractivity contribution in [2.75, 3.05) is 0 Å². The van der Waals surface area contributed by atoms with Crippen LogP contribution in [0.4, 0.5) is 0 Å². The largest absolute Gasteiger partial charge is 0.504 e.